The van der Waals surface area contributed by atoms with Crippen LogP contribution in [0.15, 0.2) is 10.7 Å². The van der Waals surface area contributed by atoms with Gasteiger partial charge in [0, 0.05) is 28.2 Å². The van der Waals surface area contributed by atoms with Crippen LogP contribution in [0.4, 0.5) is 0 Å². The molecule has 0 bridgehead atoms. The molecule has 0 aliphatic carbocycles. The minimum Gasteiger partial charge on any atom is -0.350 e. The molecule has 0 unspecified atom stereocenters. The predicted molar refractivity (Wildman–Crippen MR) is 47.9 cm³/mol. The first-order valence-electron chi connectivity index (χ1n) is 3.12. The number of aromatic nitrogens is 1. The lowest BCUT2D eigenvalue weighted by Gasteiger charge is -2.14. The van der Waals surface area contributed by atoms with E-state index in [1.165, 1.54) is 5.56 Å². The molecule has 1 aromatic heterocycles. The van der Waals surface area contributed by atoms with Crippen molar-refractivity contribution in [2.75, 3.05) is 0 Å². The number of halogens is 1. The summed E-state index contributed by atoms with van der Waals surface area (Å²) in [4.78, 5) is 0. The summed E-state index contributed by atoms with van der Waals surface area (Å²) in [6, 6.07) is 0. The summed E-state index contributed by atoms with van der Waals surface area (Å²) in [5, 5.41) is 3.71. The van der Waals surface area contributed by atoms with Gasteiger partial charge in [0.25, 0.3) is 0 Å². The Kier molecular flexibility index (Phi) is 2.03. The summed E-state index contributed by atoms with van der Waals surface area (Å²) < 4.78 is 5.82. The van der Waals surface area contributed by atoms with E-state index in [-0.39, 0.29) is 5.41 Å². The van der Waals surface area contributed by atoms with E-state index in [0.29, 0.717) is 0 Å². The van der Waals surface area contributed by atoms with E-state index in [0.717, 1.165) is 3.77 Å². The van der Waals surface area contributed by atoms with E-state index in [1.807, 2.05) is 0 Å². The van der Waals surface area contributed by atoms with E-state index in [2.05, 4.69) is 48.5 Å². The molecule has 0 aliphatic heterocycles. The summed E-state index contributed by atoms with van der Waals surface area (Å²) >= 11 is 2.15. The summed E-state index contributed by atoms with van der Waals surface area (Å²) in [5.74, 6) is 0. The molecule has 0 N–H and O–H groups in total. The van der Waals surface area contributed by atoms with Crippen molar-refractivity contribution < 1.29 is 4.52 Å². The molecule has 1 rings (SSSR count). The Bertz CT molecular complexity index is 224. The SMILES string of the molecule is CC(C)(C)c1cnoc1I. The Morgan fingerprint density at radius 1 is 1.50 bits per heavy atom. The van der Waals surface area contributed by atoms with Gasteiger partial charge in [0.2, 0.25) is 0 Å². The van der Waals surface area contributed by atoms with Crippen LogP contribution < -0.4 is 0 Å². The second-order valence-electron chi connectivity index (χ2n) is 3.26. The molecule has 1 aromatic rings. The maximum atomic E-state index is 4.93. The van der Waals surface area contributed by atoms with Crippen molar-refractivity contribution in [3.63, 3.8) is 0 Å². The molecule has 0 radical (unpaired) electrons. The second-order valence-corrected chi connectivity index (χ2v) is 4.24. The van der Waals surface area contributed by atoms with Crippen LogP contribution in [0, 0.1) is 3.77 Å². The summed E-state index contributed by atoms with van der Waals surface area (Å²) in [7, 11) is 0. The molecule has 0 spiro atoms. The van der Waals surface area contributed by atoms with Crippen molar-refractivity contribution >= 4 is 22.6 Å². The normalized spacial score (nSPS) is 12.0. The minimum atomic E-state index is 0.149. The molecule has 0 atom stereocenters. The van der Waals surface area contributed by atoms with Crippen molar-refractivity contribution in [1.29, 1.82) is 0 Å². The van der Waals surface area contributed by atoms with Gasteiger partial charge in [-0.3, -0.25) is 0 Å². The molecule has 56 valence electrons. The topological polar surface area (TPSA) is 26.0 Å². The van der Waals surface area contributed by atoms with Crippen molar-refractivity contribution in [3.8, 4) is 0 Å². The molecule has 0 saturated carbocycles. The van der Waals surface area contributed by atoms with Crippen LogP contribution in [-0.4, -0.2) is 5.16 Å². The van der Waals surface area contributed by atoms with Gasteiger partial charge >= 0.3 is 0 Å². The largest absolute Gasteiger partial charge is 0.350 e. The Balaban J connectivity index is 3.05. The molecule has 3 heteroatoms. The standard InChI is InChI=1S/C7H10INO/c1-7(2,3)5-4-9-10-6(5)8/h4H,1-3H3. The highest BCUT2D eigenvalue weighted by Gasteiger charge is 2.19. The van der Waals surface area contributed by atoms with E-state index < -0.39 is 0 Å². The Labute approximate surface area is 74.1 Å². The van der Waals surface area contributed by atoms with Crippen molar-refractivity contribution in [3.05, 3.63) is 15.5 Å². The van der Waals surface area contributed by atoms with Crippen LogP contribution in [0.2, 0.25) is 0 Å². The number of hydrogen-bond donors (Lipinski definition) is 0. The fourth-order valence-electron chi connectivity index (χ4n) is 0.714. The molecule has 2 nitrogen and oxygen atoms in total. The number of hydrogen-bond acceptors (Lipinski definition) is 2. The first-order chi connectivity index (χ1) is 4.52. The zero-order valence-corrected chi connectivity index (χ0v) is 8.47. The minimum absolute atomic E-state index is 0.149. The Morgan fingerprint density at radius 3 is 2.30 bits per heavy atom. The molecule has 0 saturated heterocycles. The molecule has 0 fully saturated rings. The van der Waals surface area contributed by atoms with E-state index in [9.17, 15) is 0 Å². The van der Waals surface area contributed by atoms with E-state index in [1.54, 1.807) is 6.20 Å². The Hall–Kier alpha value is -0.0600. The predicted octanol–water partition coefficient (Wildman–Crippen LogP) is 2.58. The van der Waals surface area contributed by atoms with Crippen LogP contribution in [0.1, 0.15) is 26.3 Å². The quantitative estimate of drug-likeness (QED) is 0.662. The average molecular weight is 251 g/mol. The number of rotatable bonds is 0. The maximum absolute atomic E-state index is 4.93. The lowest BCUT2D eigenvalue weighted by atomic mass is 9.90. The summed E-state index contributed by atoms with van der Waals surface area (Å²) in [5.41, 5.74) is 1.32. The third kappa shape index (κ3) is 1.51. The third-order valence-electron chi connectivity index (χ3n) is 1.33. The fraction of sp³-hybridized carbons (Fsp3) is 0.571. The average Bonchev–Trinajstić information content (AvgIpc) is 2.11. The van der Waals surface area contributed by atoms with Crippen molar-refractivity contribution in [2.24, 2.45) is 0 Å². The van der Waals surface area contributed by atoms with Gasteiger partial charge in [0.1, 0.15) is 0 Å². The van der Waals surface area contributed by atoms with Gasteiger partial charge in [-0.2, -0.15) is 0 Å². The molecule has 1 heterocycles. The van der Waals surface area contributed by atoms with Crippen LogP contribution in [0.25, 0.3) is 0 Å². The van der Waals surface area contributed by atoms with Crippen LogP contribution in [0.5, 0.6) is 0 Å². The summed E-state index contributed by atoms with van der Waals surface area (Å²) in [6.45, 7) is 6.42. The van der Waals surface area contributed by atoms with Crippen LogP contribution in [-0.2, 0) is 5.41 Å². The molecule has 0 aliphatic rings. The molecule has 0 aromatic carbocycles. The van der Waals surface area contributed by atoms with E-state index >= 15 is 0 Å². The smallest absolute Gasteiger partial charge is 0.200 e. The first kappa shape index (κ1) is 8.04. The maximum Gasteiger partial charge on any atom is 0.200 e. The second kappa shape index (κ2) is 2.53. The van der Waals surface area contributed by atoms with Gasteiger partial charge < -0.3 is 4.52 Å². The van der Waals surface area contributed by atoms with Crippen molar-refractivity contribution in [1.82, 2.24) is 5.16 Å². The number of nitrogens with zero attached hydrogens (tertiary/aromatic N) is 1. The zero-order chi connectivity index (χ0) is 7.78. The molecular weight excluding hydrogens is 241 g/mol. The lowest BCUT2D eigenvalue weighted by molar-refractivity contribution is 0.393. The van der Waals surface area contributed by atoms with Crippen LogP contribution >= 0.6 is 22.6 Å². The van der Waals surface area contributed by atoms with Gasteiger partial charge in [-0.1, -0.05) is 25.9 Å². The van der Waals surface area contributed by atoms with Crippen molar-refractivity contribution in [2.45, 2.75) is 26.2 Å². The van der Waals surface area contributed by atoms with Gasteiger partial charge in [-0.25, -0.2) is 0 Å². The molecular formula is C7H10INO. The molecule has 0 amide bonds. The fourth-order valence-corrected chi connectivity index (χ4v) is 1.78. The highest BCUT2D eigenvalue weighted by Crippen LogP contribution is 2.26. The van der Waals surface area contributed by atoms with Gasteiger partial charge in [-0.15, -0.1) is 0 Å². The highest BCUT2D eigenvalue weighted by molar-refractivity contribution is 14.1. The third-order valence-corrected chi connectivity index (χ3v) is 2.11. The van der Waals surface area contributed by atoms with Gasteiger partial charge in [0.15, 0.2) is 3.77 Å². The van der Waals surface area contributed by atoms with Gasteiger partial charge in [0.05, 0.1) is 6.20 Å². The van der Waals surface area contributed by atoms with Crippen LogP contribution in [0.3, 0.4) is 0 Å². The first-order valence-corrected chi connectivity index (χ1v) is 4.20. The van der Waals surface area contributed by atoms with E-state index in [4.69, 9.17) is 4.52 Å². The lowest BCUT2D eigenvalue weighted by Crippen LogP contribution is -2.10. The highest BCUT2D eigenvalue weighted by atomic mass is 127. The molecule has 10 heavy (non-hydrogen) atoms. The monoisotopic (exact) mass is 251 g/mol. The summed E-state index contributed by atoms with van der Waals surface area (Å²) in [6.07, 6.45) is 1.78. The van der Waals surface area contributed by atoms with Gasteiger partial charge in [-0.05, 0) is 5.41 Å². The zero-order valence-electron chi connectivity index (χ0n) is 6.31. The Morgan fingerprint density at radius 2 is 2.10 bits per heavy atom.